The number of hydrogen-bond acceptors (Lipinski definition) is 6. The minimum absolute atomic E-state index is 0.00515. The zero-order valence-electron chi connectivity index (χ0n) is 18.3. The molecule has 3 unspecified atom stereocenters. The van der Waals surface area contributed by atoms with Gasteiger partial charge in [0.05, 0.1) is 24.5 Å². The molecule has 5 rings (SSSR count). The number of fused-ring (bicyclic) bond motifs is 1. The quantitative estimate of drug-likeness (QED) is 0.599. The SMILES string of the molecule is CCc1ccc(N2C(=O)C3ON(c4ccccc4)C(c4ccc(O)c(OC)c4)C3C2=O)cc1. The van der Waals surface area contributed by atoms with Crippen molar-refractivity contribution >= 4 is 23.2 Å². The van der Waals surface area contributed by atoms with Crippen molar-refractivity contribution in [1.82, 2.24) is 0 Å². The van der Waals surface area contributed by atoms with Crippen LogP contribution in [0.15, 0.2) is 72.8 Å². The number of benzene rings is 3. The zero-order chi connectivity index (χ0) is 23.1. The van der Waals surface area contributed by atoms with Gasteiger partial charge in [-0.25, -0.2) is 9.96 Å². The standard InChI is InChI=1S/C26H24N2O5/c1-3-16-9-12-18(13-10-16)27-25(30)22-23(17-11-14-20(29)21(15-17)32-2)28(33-24(22)26(27)31)19-7-5-4-6-8-19/h4-15,22-24,29H,3H2,1-2H3. The first-order valence-corrected chi connectivity index (χ1v) is 10.9. The Labute approximate surface area is 191 Å². The number of aryl methyl sites for hydroxylation is 1. The summed E-state index contributed by atoms with van der Waals surface area (Å²) in [6.45, 7) is 2.05. The van der Waals surface area contributed by atoms with Gasteiger partial charge in [0, 0.05) is 0 Å². The van der Waals surface area contributed by atoms with Crippen LogP contribution in [0.4, 0.5) is 11.4 Å². The molecule has 2 aliphatic rings. The van der Waals surface area contributed by atoms with E-state index in [0.717, 1.165) is 17.7 Å². The highest BCUT2D eigenvalue weighted by Crippen LogP contribution is 2.48. The van der Waals surface area contributed by atoms with Crippen molar-refractivity contribution in [2.24, 2.45) is 5.92 Å². The maximum absolute atomic E-state index is 13.7. The molecule has 3 atom stereocenters. The van der Waals surface area contributed by atoms with Crippen molar-refractivity contribution in [3.8, 4) is 11.5 Å². The molecule has 7 nitrogen and oxygen atoms in total. The number of nitrogens with zero attached hydrogens (tertiary/aromatic N) is 2. The molecule has 0 spiro atoms. The fraction of sp³-hybridized carbons (Fsp3) is 0.231. The second-order valence-corrected chi connectivity index (χ2v) is 8.12. The molecule has 168 valence electrons. The van der Waals surface area contributed by atoms with Crippen LogP contribution in [0.25, 0.3) is 0 Å². The average molecular weight is 444 g/mol. The van der Waals surface area contributed by atoms with E-state index < -0.39 is 18.1 Å². The summed E-state index contributed by atoms with van der Waals surface area (Å²) in [5, 5.41) is 11.7. The van der Waals surface area contributed by atoms with E-state index in [2.05, 4.69) is 0 Å². The fourth-order valence-electron chi connectivity index (χ4n) is 4.57. The Kier molecular flexibility index (Phi) is 5.26. The summed E-state index contributed by atoms with van der Waals surface area (Å²) in [7, 11) is 1.47. The van der Waals surface area contributed by atoms with Crippen molar-refractivity contribution in [2.75, 3.05) is 17.1 Å². The van der Waals surface area contributed by atoms with Gasteiger partial charge < -0.3 is 9.84 Å². The van der Waals surface area contributed by atoms with E-state index >= 15 is 0 Å². The second kappa shape index (κ2) is 8.26. The number of carbonyl (C=O) groups is 2. The third-order valence-corrected chi connectivity index (χ3v) is 6.27. The van der Waals surface area contributed by atoms with Crippen LogP contribution in [0.3, 0.4) is 0 Å². The number of hydrogen-bond donors (Lipinski definition) is 1. The number of aromatic hydroxyl groups is 1. The predicted octanol–water partition coefficient (Wildman–Crippen LogP) is 4.01. The molecular weight excluding hydrogens is 420 g/mol. The van der Waals surface area contributed by atoms with Gasteiger partial charge in [-0.3, -0.25) is 14.4 Å². The lowest BCUT2D eigenvalue weighted by atomic mass is 9.90. The average Bonchev–Trinajstić information content (AvgIpc) is 3.36. The highest BCUT2D eigenvalue weighted by Gasteiger charge is 2.60. The van der Waals surface area contributed by atoms with Gasteiger partial charge in [0.2, 0.25) is 5.91 Å². The molecule has 0 radical (unpaired) electrons. The number of anilines is 2. The van der Waals surface area contributed by atoms with E-state index in [1.54, 1.807) is 29.3 Å². The lowest BCUT2D eigenvalue weighted by Crippen LogP contribution is -2.37. The van der Waals surface area contributed by atoms with Gasteiger partial charge in [0.1, 0.15) is 5.92 Å². The van der Waals surface area contributed by atoms with Crippen LogP contribution >= 0.6 is 0 Å². The summed E-state index contributed by atoms with van der Waals surface area (Å²) >= 11 is 0. The van der Waals surface area contributed by atoms with Crippen LogP contribution in [0, 0.1) is 5.92 Å². The van der Waals surface area contributed by atoms with E-state index in [1.807, 2.05) is 49.4 Å². The molecule has 2 aliphatic heterocycles. The molecule has 0 saturated carbocycles. The number of amides is 2. The van der Waals surface area contributed by atoms with Gasteiger partial charge in [0.15, 0.2) is 17.6 Å². The number of carbonyl (C=O) groups excluding carboxylic acids is 2. The summed E-state index contributed by atoms with van der Waals surface area (Å²) in [4.78, 5) is 34.4. The van der Waals surface area contributed by atoms with Gasteiger partial charge in [-0.15, -0.1) is 0 Å². The molecule has 1 N–H and O–H groups in total. The van der Waals surface area contributed by atoms with Crippen LogP contribution in [-0.4, -0.2) is 30.1 Å². The third kappa shape index (κ3) is 3.41. The Bertz CT molecular complexity index is 1200. The number of para-hydroxylation sites is 1. The van der Waals surface area contributed by atoms with Crippen LogP contribution in [-0.2, 0) is 20.8 Å². The zero-order valence-corrected chi connectivity index (χ0v) is 18.3. The number of imide groups is 1. The van der Waals surface area contributed by atoms with Gasteiger partial charge in [-0.1, -0.05) is 43.3 Å². The van der Waals surface area contributed by atoms with Crippen LogP contribution in [0.1, 0.15) is 24.1 Å². The Balaban J connectivity index is 1.58. The van der Waals surface area contributed by atoms with Gasteiger partial charge >= 0.3 is 0 Å². The Hall–Kier alpha value is -3.84. The monoisotopic (exact) mass is 444 g/mol. The molecule has 0 aliphatic carbocycles. The molecule has 2 amide bonds. The first-order chi connectivity index (χ1) is 16.0. The molecule has 2 heterocycles. The number of hydroxylamine groups is 1. The summed E-state index contributed by atoms with van der Waals surface area (Å²) in [5.74, 6) is -1.17. The summed E-state index contributed by atoms with van der Waals surface area (Å²) in [6, 6.07) is 21.1. The number of phenolic OH excluding ortho intramolecular Hbond substituents is 1. The third-order valence-electron chi connectivity index (χ3n) is 6.27. The lowest BCUT2D eigenvalue weighted by Gasteiger charge is -2.29. The normalized spacial score (nSPS) is 22.1. The molecule has 0 bridgehead atoms. The first-order valence-electron chi connectivity index (χ1n) is 10.9. The Morgan fingerprint density at radius 1 is 0.939 bits per heavy atom. The smallest absolute Gasteiger partial charge is 0.266 e. The number of rotatable bonds is 5. The maximum atomic E-state index is 13.7. The van der Waals surface area contributed by atoms with E-state index in [9.17, 15) is 14.7 Å². The van der Waals surface area contributed by atoms with Gasteiger partial charge in [-0.2, -0.15) is 0 Å². The number of methoxy groups -OCH3 is 1. The topological polar surface area (TPSA) is 79.3 Å². The summed E-state index contributed by atoms with van der Waals surface area (Å²) in [5.41, 5.74) is 3.08. The molecule has 7 heteroatoms. The van der Waals surface area contributed by atoms with E-state index in [-0.39, 0.29) is 23.3 Å². The molecule has 2 fully saturated rings. The highest BCUT2D eigenvalue weighted by molar-refractivity contribution is 6.23. The maximum Gasteiger partial charge on any atom is 0.266 e. The van der Waals surface area contributed by atoms with Crippen LogP contribution < -0.4 is 14.7 Å². The van der Waals surface area contributed by atoms with Crippen molar-refractivity contribution < 1.29 is 24.3 Å². The van der Waals surface area contributed by atoms with Crippen molar-refractivity contribution in [3.63, 3.8) is 0 Å². The van der Waals surface area contributed by atoms with E-state index in [1.165, 1.54) is 18.1 Å². The Morgan fingerprint density at radius 3 is 2.33 bits per heavy atom. The van der Waals surface area contributed by atoms with Crippen LogP contribution in [0.5, 0.6) is 11.5 Å². The predicted molar refractivity (Wildman–Crippen MR) is 123 cm³/mol. The van der Waals surface area contributed by atoms with Gasteiger partial charge in [0.25, 0.3) is 5.91 Å². The summed E-state index contributed by atoms with van der Waals surface area (Å²) < 4.78 is 5.29. The minimum Gasteiger partial charge on any atom is -0.504 e. The van der Waals surface area contributed by atoms with Crippen molar-refractivity contribution in [1.29, 1.82) is 0 Å². The number of ether oxygens (including phenoxy) is 1. The largest absolute Gasteiger partial charge is 0.504 e. The minimum atomic E-state index is -0.951. The first kappa shape index (κ1) is 21.0. The lowest BCUT2D eigenvalue weighted by molar-refractivity contribution is -0.126. The molecule has 33 heavy (non-hydrogen) atoms. The molecule has 3 aromatic rings. The van der Waals surface area contributed by atoms with Crippen LogP contribution in [0.2, 0.25) is 0 Å². The van der Waals surface area contributed by atoms with Gasteiger partial charge in [-0.05, 0) is 53.9 Å². The van der Waals surface area contributed by atoms with Crippen molar-refractivity contribution in [2.45, 2.75) is 25.5 Å². The number of phenols is 1. The molecular formula is C26H24N2O5. The van der Waals surface area contributed by atoms with E-state index in [4.69, 9.17) is 9.57 Å². The van der Waals surface area contributed by atoms with Crippen molar-refractivity contribution in [3.05, 3.63) is 83.9 Å². The molecule has 3 aromatic carbocycles. The van der Waals surface area contributed by atoms with E-state index in [0.29, 0.717) is 11.3 Å². The second-order valence-electron chi connectivity index (χ2n) is 8.12. The molecule has 2 saturated heterocycles. The fourth-order valence-corrected chi connectivity index (χ4v) is 4.57. The summed E-state index contributed by atoms with van der Waals surface area (Å²) in [6.07, 6.45) is -0.0822. The Morgan fingerprint density at radius 2 is 1.67 bits per heavy atom. The molecule has 0 aromatic heterocycles. The highest BCUT2D eigenvalue weighted by atomic mass is 16.7.